The molecular formula is C12H21N3. The minimum atomic E-state index is 0.411. The molecule has 3 nitrogen and oxygen atoms in total. The molecule has 15 heavy (non-hydrogen) atoms. The molecule has 84 valence electrons. The first-order chi connectivity index (χ1) is 7.06. The van der Waals surface area contributed by atoms with E-state index in [-0.39, 0.29) is 0 Å². The molecule has 0 amide bonds. The minimum absolute atomic E-state index is 0.411. The average Bonchev–Trinajstić information content (AvgIpc) is 2.40. The standard InChI is InChI=1S/C12H21N3/c1-6-13-9(2)7-8-12-10(3)14-15(5)11(12)4/h7-9,13H,6H2,1-5H3/b8-7+. The maximum absolute atomic E-state index is 4.38. The predicted molar refractivity (Wildman–Crippen MR) is 64.9 cm³/mol. The monoisotopic (exact) mass is 207 g/mol. The summed E-state index contributed by atoms with van der Waals surface area (Å²) in [5, 5.41) is 7.73. The first-order valence-corrected chi connectivity index (χ1v) is 5.48. The molecule has 0 aliphatic heterocycles. The van der Waals surface area contributed by atoms with Crippen molar-refractivity contribution in [3.8, 4) is 0 Å². The summed E-state index contributed by atoms with van der Waals surface area (Å²) in [6.45, 7) is 9.41. The molecule has 0 spiro atoms. The van der Waals surface area contributed by atoms with Gasteiger partial charge in [-0.3, -0.25) is 4.68 Å². The first kappa shape index (κ1) is 12.0. The fourth-order valence-electron chi connectivity index (χ4n) is 1.66. The summed E-state index contributed by atoms with van der Waals surface area (Å²) in [7, 11) is 1.98. The van der Waals surface area contributed by atoms with Gasteiger partial charge in [0.1, 0.15) is 0 Å². The molecule has 0 fully saturated rings. The second-order valence-electron chi connectivity index (χ2n) is 3.91. The van der Waals surface area contributed by atoms with Gasteiger partial charge in [0.05, 0.1) is 5.69 Å². The molecule has 1 N–H and O–H groups in total. The van der Waals surface area contributed by atoms with Gasteiger partial charge in [-0.1, -0.05) is 19.1 Å². The quantitative estimate of drug-likeness (QED) is 0.819. The van der Waals surface area contributed by atoms with Crippen LogP contribution in [0.15, 0.2) is 6.08 Å². The van der Waals surface area contributed by atoms with Gasteiger partial charge in [-0.25, -0.2) is 0 Å². The lowest BCUT2D eigenvalue weighted by Crippen LogP contribution is -2.22. The Kier molecular flexibility index (Phi) is 4.09. The van der Waals surface area contributed by atoms with E-state index in [0.717, 1.165) is 12.2 Å². The van der Waals surface area contributed by atoms with Gasteiger partial charge < -0.3 is 5.32 Å². The maximum atomic E-state index is 4.38. The lowest BCUT2D eigenvalue weighted by atomic mass is 10.1. The third-order valence-corrected chi connectivity index (χ3v) is 2.64. The van der Waals surface area contributed by atoms with E-state index in [2.05, 4.69) is 43.3 Å². The van der Waals surface area contributed by atoms with Crippen LogP contribution in [0.1, 0.15) is 30.8 Å². The van der Waals surface area contributed by atoms with Crippen molar-refractivity contribution in [1.82, 2.24) is 15.1 Å². The van der Waals surface area contributed by atoms with Crippen molar-refractivity contribution in [1.29, 1.82) is 0 Å². The maximum Gasteiger partial charge on any atom is 0.0668 e. The molecule has 0 aromatic carbocycles. The number of aromatic nitrogens is 2. The lowest BCUT2D eigenvalue weighted by molar-refractivity contribution is 0.663. The Morgan fingerprint density at radius 1 is 1.47 bits per heavy atom. The molecule has 0 aliphatic carbocycles. The summed E-state index contributed by atoms with van der Waals surface area (Å²) < 4.78 is 1.92. The molecule has 1 heterocycles. The zero-order valence-electron chi connectivity index (χ0n) is 10.3. The Hall–Kier alpha value is -1.09. The molecule has 0 saturated heterocycles. The number of nitrogens with one attached hydrogen (secondary N) is 1. The highest BCUT2D eigenvalue weighted by Gasteiger charge is 2.05. The fraction of sp³-hybridized carbons (Fsp3) is 0.583. The molecular weight excluding hydrogens is 186 g/mol. The lowest BCUT2D eigenvalue weighted by Gasteiger charge is -2.05. The van der Waals surface area contributed by atoms with Gasteiger partial charge in [-0.15, -0.1) is 0 Å². The summed E-state index contributed by atoms with van der Waals surface area (Å²) in [5.74, 6) is 0. The van der Waals surface area contributed by atoms with E-state index in [9.17, 15) is 0 Å². The van der Waals surface area contributed by atoms with Crippen molar-refractivity contribution in [2.45, 2.75) is 33.7 Å². The van der Waals surface area contributed by atoms with Gasteiger partial charge >= 0.3 is 0 Å². The molecule has 3 heteroatoms. The van der Waals surface area contributed by atoms with Crippen LogP contribution in [0.2, 0.25) is 0 Å². The van der Waals surface area contributed by atoms with Crippen molar-refractivity contribution in [2.24, 2.45) is 7.05 Å². The number of hydrogen-bond acceptors (Lipinski definition) is 2. The van der Waals surface area contributed by atoms with E-state index >= 15 is 0 Å². The molecule has 1 aromatic rings. The van der Waals surface area contributed by atoms with Crippen LogP contribution >= 0.6 is 0 Å². The summed E-state index contributed by atoms with van der Waals surface area (Å²) >= 11 is 0. The van der Waals surface area contributed by atoms with E-state index in [4.69, 9.17) is 0 Å². The van der Waals surface area contributed by atoms with Gasteiger partial charge in [0.25, 0.3) is 0 Å². The van der Waals surface area contributed by atoms with Crippen LogP contribution in [0.4, 0.5) is 0 Å². The second-order valence-corrected chi connectivity index (χ2v) is 3.91. The van der Waals surface area contributed by atoms with Crippen molar-refractivity contribution < 1.29 is 0 Å². The van der Waals surface area contributed by atoms with Gasteiger partial charge in [-0.2, -0.15) is 5.10 Å². The zero-order valence-corrected chi connectivity index (χ0v) is 10.3. The second kappa shape index (κ2) is 5.12. The summed E-state index contributed by atoms with van der Waals surface area (Å²) in [5.41, 5.74) is 3.55. The van der Waals surface area contributed by atoms with E-state index < -0.39 is 0 Å². The Morgan fingerprint density at radius 3 is 2.60 bits per heavy atom. The van der Waals surface area contributed by atoms with Crippen LogP contribution in [0.5, 0.6) is 0 Å². The van der Waals surface area contributed by atoms with Crippen LogP contribution in [0.3, 0.4) is 0 Å². The zero-order chi connectivity index (χ0) is 11.4. The molecule has 1 unspecified atom stereocenters. The average molecular weight is 207 g/mol. The van der Waals surface area contributed by atoms with Crippen LogP contribution in [0, 0.1) is 13.8 Å². The topological polar surface area (TPSA) is 29.9 Å². The number of nitrogens with zero attached hydrogens (tertiary/aromatic N) is 2. The Balaban J connectivity index is 2.80. The van der Waals surface area contributed by atoms with Crippen LogP contribution < -0.4 is 5.32 Å². The third-order valence-electron chi connectivity index (χ3n) is 2.64. The summed E-state index contributed by atoms with van der Waals surface area (Å²) in [4.78, 5) is 0. The Morgan fingerprint density at radius 2 is 2.13 bits per heavy atom. The normalized spacial score (nSPS) is 13.7. The summed E-state index contributed by atoms with van der Waals surface area (Å²) in [6, 6.07) is 0.411. The SMILES string of the molecule is CCNC(C)/C=C/c1c(C)nn(C)c1C. The molecule has 0 saturated carbocycles. The van der Waals surface area contributed by atoms with Crippen LogP contribution in [-0.4, -0.2) is 22.4 Å². The minimum Gasteiger partial charge on any atom is -0.311 e. The summed E-state index contributed by atoms with van der Waals surface area (Å²) in [6.07, 6.45) is 4.34. The number of hydrogen-bond donors (Lipinski definition) is 1. The smallest absolute Gasteiger partial charge is 0.0668 e. The largest absolute Gasteiger partial charge is 0.311 e. The Labute approximate surface area is 92.2 Å². The highest BCUT2D eigenvalue weighted by molar-refractivity contribution is 5.54. The van der Waals surface area contributed by atoms with Crippen molar-refractivity contribution in [3.63, 3.8) is 0 Å². The van der Waals surface area contributed by atoms with Gasteiger partial charge in [0.15, 0.2) is 0 Å². The van der Waals surface area contributed by atoms with E-state index in [1.54, 1.807) is 0 Å². The van der Waals surface area contributed by atoms with E-state index in [1.807, 2.05) is 18.7 Å². The number of likely N-dealkylation sites (N-methyl/N-ethyl adjacent to an activating group) is 1. The van der Waals surface area contributed by atoms with E-state index in [1.165, 1.54) is 11.3 Å². The predicted octanol–water partition coefficient (Wildman–Crippen LogP) is 2.05. The molecule has 0 bridgehead atoms. The van der Waals surface area contributed by atoms with Crippen LogP contribution in [0.25, 0.3) is 6.08 Å². The highest BCUT2D eigenvalue weighted by Crippen LogP contribution is 2.13. The molecule has 1 rings (SSSR count). The number of rotatable bonds is 4. The molecule has 1 atom stereocenters. The van der Waals surface area contributed by atoms with Gasteiger partial charge in [0.2, 0.25) is 0 Å². The van der Waals surface area contributed by atoms with Gasteiger partial charge in [0, 0.05) is 24.3 Å². The van der Waals surface area contributed by atoms with Crippen molar-refractivity contribution >= 4 is 6.08 Å². The third kappa shape index (κ3) is 2.93. The number of aryl methyl sites for hydroxylation is 2. The Bertz CT molecular complexity index is 350. The van der Waals surface area contributed by atoms with Crippen LogP contribution in [-0.2, 0) is 7.05 Å². The van der Waals surface area contributed by atoms with Crippen molar-refractivity contribution in [3.05, 3.63) is 23.0 Å². The van der Waals surface area contributed by atoms with Gasteiger partial charge in [-0.05, 0) is 27.3 Å². The molecule has 0 aliphatic rings. The highest BCUT2D eigenvalue weighted by atomic mass is 15.3. The van der Waals surface area contributed by atoms with Crippen molar-refractivity contribution in [2.75, 3.05) is 6.54 Å². The van der Waals surface area contributed by atoms with E-state index in [0.29, 0.717) is 6.04 Å². The fourth-order valence-corrected chi connectivity index (χ4v) is 1.66. The molecule has 0 radical (unpaired) electrons. The first-order valence-electron chi connectivity index (χ1n) is 5.48. The molecule has 1 aromatic heterocycles.